The van der Waals surface area contributed by atoms with Crippen molar-refractivity contribution in [3.63, 3.8) is 0 Å². The fraction of sp³-hybridized carbons (Fsp3) is 0.367. The van der Waals surface area contributed by atoms with Gasteiger partial charge in [-0.05, 0) is 141 Å². The van der Waals surface area contributed by atoms with E-state index in [1.807, 2.05) is 58.0 Å². The summed E-state index contributed by atoms with van der Waals surface area (Å²) in [5.74, 6) is -0.754. The Bertz CT molecular complexity index is 2890. The average Bonchev–Trinajstić information content (AvgIpc) is 4.17. The number of hydrogen-bond acceptors (Lipinski definition) is 7. The molecule has 0 bridgehead atoms. The quantitative estimate of drug-likeness (QED) is 0.153. The van der Waals surface area contributed by atoms with Crippen LogP contribution in [0.25, 0.3) is 44.1 Å². The van der Waals surface area contributed by atoms with Crippen LogP contribution in [-0.4, -0.2) is 35.9 Å². The van der Waals surface area contributed by atoms with Crippen LogP contribution in [0.15, 0.2) is 82.4 Å². The van der Waals surface area contributed by atoms with Gasteiger partial charge in [0.1, 0.15) is 17.2 Å². The molecule has 2 atom stereocenters. The molecule has 2 aromatic heterocycles. The minimum atomic E-state index is -0.588. The molecule has 10 nitrogen and oxygen atoms in total. The molecule has 3 N–H and O–H groups in total. The van der Waals surface area contributed by atoms with E-state index in [4.69, 9.17) is 4.74 Å². The van der Waals surface area contributed by atoms with Crippen molar-refractivity contribution >= 4 is 27.9 Å². The van der Waals surface area contributed by atoms with Crippen LogP contribution in [0.5, 0.6) is 0 Å². The third kappa shape index (κ3) is 7.55. The molecule has 4 aliphatic rings. The van der Waals surface area contributed by atoms with Gasteiger partial charge in [0.15, 0.2) is 0 Å². The number of amides is 1. The molecule has 2 aliphatic carbocycles. The second-order valence-corrected chi connectivity index (χ2v) is 17.9. The van der Waals surface area contributed by atoms with E-state index in [1.165, 1.54) is 35.4 Å². The van der Waals surface area contributed by atoms with Gasteiger partial charge >= 0.3 is 6.09 Å². The lowest BCUT2D eigenvalue weighted by atomic mass is 9.96. The monoisotopic (exact) mass is 828 g/mol. The Morgan fingerprint density at radius 1 is 0.721 bits per heavy atom. The van der Waals surface area contributed by atoms with Crippen molar-refractivity contribution in [3.8, 4) is 22.3 Å². The number of aliphatic hydroxyl groups is 2. The van der Waals surface area contributed by atoms with Crippen LogP contribution in [0, 0.1) is 11.6 Å². The number of nitrogens with one attached hydrogen (secondary N) is 1. The first-order valence-corrected chi connectivity index (χ1v) is 21.1. The summed E-state index contributed by atoms with van der Waals surface area (Å²) in [6.45, 7) is 10.1. The highest BCUT2D eigenvalue weighted by molar-refractivity contribution is 5.89. The number of carbonyl (C=O) groups excluding carboxylic acids is 1. The number of pyridine rings is 2. The molecule has 12 heteroatoms. The van der Waals surface area contributed by atoms with Crippen LogP contribution < -0.4 is 16.4 Å². The van der Waals surface area contributed by atoms with Crippen LogP contribution in [0.2, 0.25) is 0 Å². The number of rotatable bonds is 6. The number of nitrogens with zero attached hydrogens (tertiary/aromatic N) is 3. The van der Waals surface area contributed by atoms with Gasteiger partial charge in [0.05, 0.1) is 30.3 Å². The number of hydrogen-bond donors (Lipinski definition) is 3. The lowest BCUT2D eigenvalue weighted by Gasteiger charge is -2.27. The van der Waals surface area contributed by atoms with E-state index in [2.05, 4.69) is 18.3 Å². The topological polar surface area (TPSA) is 126 Å². The van der Waals surface area contributed by atoms with Gasteiger partial charge in [-0.25, -0.2) is 13.6 Å². The summed E-state index contributed by atoms with van der Waals surface area (Å²) in [5.41, 5.74) is 8.12. The zero-order valence-electron chi connectivity index (χ0n) is 35.0. The van der Waals surface area contributed by atoms with Gasteiger partial charge in [0.25, 0.3) is 11.1 Å². The van der Waals surface area contributed by atoms with E-state index in [0.29, 0.717) is 62.2 Å². The van der Waals surface area contributed by atoms with Gasteiger partial charge in [-0.15, -0.1) is 0 Å². The maximum Gasteiger partial charge on any atom is 0.411 e. The summed E-state index contributed by atoms with van der Waals surface area (Å²) in [4.78, 5) is 39.7. The number of halogens is 2. The molecule has 2 fully saturated rings. The third-order valence-electron chi connectivity index (χ3n) is 12.5. The summed E-state index contributed by atoms with van der Waals surface area (Å²) in [6.07, 6.45) is 3.37. The van der Waals surface area contributed by atoms with Gasteiger partial charge < -0.3 is 29.4 Å². The third-order valence-corrected chi connectivity index (χ3v) is 12.5. The molecule has 2 unspecified atom stereocenters. The van der Waals surface area contributed by atoms with Gasteiger partial charge in [-0.3, -0.25) is 14.5 Å². The molecule has 2 aliphatic heterocycles. The molecule has 10 rings (SSSR count). The highest BCUT2D eigenvalue weighted by atomic mass is 19.1. The Balaban J connectivity index is 0.000000160. The SMILES string of the molecule is CC1NCc2cc(-c3cc4c(cc3F)c(CO)cc(=O)n4C3CC3)ccc21.CC1c2ccc(-c3cc4c(cc3F)c(CO)cc(=O)n4C3CC3)cc2CN1C(=O)OC(C)(C)C. The fourth-order valence-corrected chi connectivity index (χ4v) is 9.06. The zero-order valence-corrected chi connectivity index (χ0v) is 35.0. The van der Waals surface area contributed by atoms with Crippen LogP contribution in [-0.2, 0) is 31.0 Å². The van der Waals surface area contributed by atoms with Crippen molar-refractivity contribution in [1.82, 2.24) is 19.4 Å². The van der Waals surface area contributed by atoms with Crippen LogP contribution in [0.4, 0.5) is 13.6 Å². The second kappa shape index (κ2) is 15.3. The predicted molar refractivity (Wildman–Crippen MR) is 231 cm³/mol. The molecule has 61 heavy (non-hydrogen) atoms. The van der Waals surface area contributed by atoms with E-state index in [0.717, 1.165) is 48.9 Å². The molecule has 6 aromatic rings. The van der Waals surface area contributed by atoms with Gasteiger partial charge in [0, 0.05) is 65.2 Å². The normalized spacial score (nSPS) is 18.3. The molecule has 316 valence electrons. The summed E-state index contributed by atoms with van der Waals surface area (Å²) in [6, 6.07) is 21.4. The number of aliphatic hydroxyl groups excluding tert-OH is 2. The van der Waals surface area contributed by atoms with Crippen LogP contribution >= 0.6 is 0 Å². The Morgan fingerprint density at radius 2 is 1.21 bits per heavy atom. The van der Waals surface area contributed by atoms with Crippen molar-refractivity contribution < 1.29 is 28.5 Å². The minimum absolute atomic E-state index is 0.115. The number of ether oxygens (including phenoxy) is 1. The molecular weight excluding hydrogens is 779 g/mol. The van der Waals surface area contributed by atoms with E-state index in [1.54, 1.807) is 26.2 Å². The van der Waals surface area contributed by atoms with Crippen molar-refractivity contribution in [2.45, 2.75) is 116 Å². The van der Waals surface area contributed by atoms with Crippen LogP contribution in [0.3, 0.4) is 0 Å². The largest absolute Gasteiger partial charge is 0.444 e. The maximum atomic E-state index is 15.3. The first kappa shape index (κ1) is 40.7. The average molecular weight is 829 g/mol. The molecule has 1 amide bonds. The standard InChI is InChI=1S/C27H29FN2O4.C22H21FN2O2/c1-15-20-8-5-16(9-17(20)13-29(15)26(33)34-27(2,3)4)21-12-24-22(11-23(21)28)18(14-31)10-25(32)30(24)19-6-7-19;1-12-17-5-2-13(6-14(17)10-24-12)18-9-21-19(8-20(18)23)15(11-26)7-22(27)25(21)16-3-4-16/h5,8-12,15,19,31H,6-7,13-14H2,1-4H3;2,5-9,12,16,24,26H,3-4,10-11H2,1H3. The van der Waals surface area contributed by atoms with Crippen molar-refractivity contribution in [1.29, 1.82) is 0 Å². The summed E-state index contributed by atoms with van der Waals surface area (Å²) in [7, 11) is 0. The highest BCUT2D eigenvalue weighted by Gasteiger charge is 2.34. The Labute approximate surface area is 352 Å². The van der Waals surface area contributed by atoms with E-state index in [9.17, 15) is 24.6 Å². The summed E-state index contributed by atoms with van der Waals surface area (Å²) in [5, 5.41) is 23.9. The molecule has 2 saturated carbocycles. The first-order chi connectivity index (χ1) is 29.1. The number of aromatic nitrogens is 2. The molecule has 0 spiro atoms. The Kier molecular flexibility index (Phi) is 10.2. The lowest BCUT2D eigenvalue weighted by molar-refractivity contribution is 0.0187. The smallest absolute Gasteiger partial charge is 0.411 e. The Hall–Kier alpha value is -5.69. The van der Waals surface area contributed by atoms with E-state index < -0.39 is 11.4 Å². The summed E-state index contributed by atoms with van der Waals surface area (Å²) >= 11 is 0. The summed E-state index contributed by atoms with van der Waals surface area (Å²) < 4.78 is 39.4. The van der Waals surface area contributed by atoms with E-state index in [-0.39, 0.29) is 54.4 Å². The molecule has 4 heterocycles. The van der Waals surface area contributed by atoms with Crippen molar-refractivity contribution in [2.24, 2.45) is 0 Å². The van der Waals surface area contributed by atoms with Crippen molar-refractivity contribution in [3.05, 3.63) is 139 Å². The Morgan fingerprint density at radius 3 is 1.69 bits per heavy atom. The van der Waals surface area contributed by atoms with Gasteiger partial charge in [-0.2, -0.15) is 0 Å². The number of fused-ring (bicyclic) bond motifs is 4. The molecule has 0 saturated heterocycles. The van der Waals surface area contributed by atoms with Crippen molar-refractivity contribution in [2.75, 3.05) is 0 Å². The highest BCUT2D eigenvalue weighted by Crippen LogP contribution is 2.42. The molecule has 0 radical (unpaired) electrons. The molecule has 4 aromatic carbocycles. The molecular formula is C49H50F2N4O6. The maximum absolute atomic E-state index is 15.3. The number of benzene rings is 4. The van der Waals surface area contributed by atoms with E-state index >= 15 is 8.78 Å². The predicted octanol–water partition coefficient (Wildman–Crippen LogP) is 9.25. The fourth-order valence-electron chi connectivity index (χ4n) is 9.06. The number of carbonyl (C=O) groups is 1. The minimum Gasteiger partial charge on any atom is -0.444 e. The van der Waals surface area contributed by atoms with Crippen LogP contribution in [0.1, 0.15) is 118 Å². The first-order valence-electron chi connectivity index (χ1n) is 21.1. The lowest BCUT2D eigenvalue weighted by Crippen LogP contribution is -2.34. The second-order valence-electron chi connectivity index (χ2n) is 17.9. The van der Waals surface area contributed by atoms with Gasteiger partial charge in [-0.1, -0.05) is 24.3 Å². The van der Waals surface area contributed by atoms with Gasteiger partial charge in [0.2, 0.25) is 0 Å². The zero-order chi connectivity index (χ0) is 43.1.